The zero-order valence-electron chi connectivity index (χ0n) is 9.34. The van der Waals surface area contributed by atoms with Crippen LogP contribution in [-0.2, 0) is 14.8 Å². The maximum absolute atomic E-state index is 12.4. The molecule has 0 saturated carbocycles. The zero-order valence-corrected chi connectivity index (χ0v) is 10.9. The van der Waals surface area contributed by atoms with Gasteiger partial charge in [0, 0.05) is 25.0 Å². The normalized spacial score (nSPS) is 22.6. The Morgan fingerprint density at radius 1 is 1.59 bits per heavy atom. The molecular formula is C10H13ClN2O3S. The van der Waals surface area contributed by atoms with Crippen molar-refractivity contribution in [2.45, 2.75) is 17.9 Å². The lowest BCUT2D eigenvalue weighted by atomic mass is 10.3. The van der Waals surface area contributed by atoms with E-state index in [2.05, 4.69) is 4.98 Å². The van der Waals surface area contributed by atoms with E-state index < -0.39 is 10.0 Å². The van der Waals surface area contributed by atoms with Crippen molar-refractivity contribution in [3.8, 4) is 0 Å². The van der Waals surface area contributed by atoms with Crippen LogP contribution in [0.2, 0.25) is 5.02 Å². The van der Waals surface area contributed by atoms with Gasteiger partial charge < -0.3 is 4.74 Å². The van der Waals surface area contributed by atoms with Crippen molar-refractivity contribution in [3.63, 3.8) is 0 Å². The third-order valence-corrected chi connectivity index (χ3v) is 5.11. The summed E-state index contributed by atoms with van der Waals surface area (Å²) in [7, 11) is -3.58. The van der Waals surface area contributed by atoms with Gasteiger partial charge in [0.1, 0.15) is 4.90 Å². The quantitative estimate of drug-likeness (QED) is 0.813. The van der Waals surface area contributed by atoms with Gasteiger partial charge in [-0.1, -0.05) is 11.6 Å². The van der Waals surface area contributed by atoms with Gasteiger partial charge in [-0.2, -0.15) is 4.31 Å². The van der Waals surface area contributed by atoms with Gasteiger partial charge in [0.05, 0.1) is 18.2 Å². The highest BCUT2D eigenvalue weighted by Gasteiger charge is 2.32. The molecule has 1 aliphatic rings. The van der Waals surface area contributed by atoms with Crippen LogP contribution in [0.15, 0.2) is 23.4 Å². The highest BCUT2D eigenvalue weighted by molar-refractivity contribution is 7.89. The van der Waals surface area contributed by atoms with Crippen LogP contribution >= 0.6 is 11.6 Å². The fourth-order valence-electron chi connectivity index (χ4n) is 1.75. The van der Waals surface area contributed by atoms with Crippen molar-refractivity contribution in [1.82, 2.24) is 9.29 Å². The van der Waals surface area contributed by atoms with Crippen LogP contribution in [0.3, 0.4) is 0 Å². The van der Waals surface area contributed by atoms with Gasteiger partial charge in [-0.05, 0) is 13.0 Å². The molecule has 7 heteroatoms. The van der Waals surface area contributed by atoms with Gasteiger partial charge in [-0.3, -0.25) is 4.98 Å². The molecule has 1 fully saturated rings. The highest BCUT2D eigenvalue weighted by atomic mass is 35.5. The Bertz CT molecular complexity index is 506. The first-order valence-corrected chi connectivity index (χ1v) is 7.04. The Morgan fingerprint density at radius 2 is 2.35 bits per heavy atom. The summed E-state index contributed by atoms with van der Waals surface area (Å²) in [5.41, 5.74) is 0. The molecule has 0 aromatic carbocycles. The Hall–Kier alpha value is -0.690. The van der Waals surface area contributed by atoms with E-state index in [1.807, 2.05) is 0 Å². The van der Waals surface area contributed by atoms with E-state index in [0.717, 1.165) is 0 Å². The Labute approximate surface area is 105 Å². The summed E-state index contributed by atoms with van der Waals surface area (Å²) in [6, 6.07) is 1.28. The fraction of sp³-hybridized carbons (Fsp3) is 0.500. The van der Waals surface area contributed by atoms with Gasteiger partial charge in [-0.25, -0.2) is 8.42 Å². The summed E-state index contributed by atoms with van der Waals surface area (Å²) < 4.78 is 31.3. The van der Waals surface area contributed by atoms with E-state index in [-0.39, 0.29) is 16.0 Å². The molecule has 1 aromatic heterocycles. The maximum atomic E-state index is 12.4. The van der Waals surface area contributed by atoms with Gasteiger partial charge in [0.15, 0.2) is 0 Å². The summed E-state index contributed by atoms with van der Waals surface area (Å²) in [6.45, 7) is 2.95. The summed E-state index contributed by atoms with van der Waals surface area (Å²) in [5, 5.41) is 0.193. The van der Waals surface area contributed by atoms with Gasteiger partial charge in [0.25, 0.3) is 0 Å². The average Bonchev–Trinajstić information content (AvgIpc) is 2.29. The number of nitrogens with zero attached hydrogens (tertiary/aromatic N) is 2. The Balaban J connectivity index is 2.39. The van der Waals surface area contributed by atoms with Gasteiger partial charge >= 0.3 is 0 Å². The number of sulfonamides is 1. The lowest BCUT2D eigenvalue weighted by molar-refractivity contribution is 0.0392. The first-order valence-electron chi connectivity index (χ1n) is 5.22. The monoisotopic (exact) mass is 276 g/mol. The smallest absolute Gasteiger partial charge is 0.246 e. The molecule has 0 bridgehead atoms. The summed E-state index contributed by atoms with van der Waals surface area (Å²) in [4.78, 5) is 3.86. The third kappa shape index (κ3) is 2.44. The predicted octanol–water partition coefficient (Wildman–Crippen LogP) is 1.14. The number of hydrogen-bond donors (Lipinski definition) is 0. The van der Waals surface area contributed by atoms with Crippen LogP contribution in [0.25, 0.3) is 0 Å². The number of pyridine rings is 1. The molecule has 2 rings (SSSR count). The zero-order chi connectivity index (χ0) is 12.5. The highest BCUT2D eigenvalue weighted by Crippen LogP contribution is 2.25. The molecular weight excluding hydrogens is 264 g/mol. The minimum atomic E-state index is -3.58. The molecule has 17 heavy (non-hydrogen) atoms. The number of hydrogen-bond acceptors (Lipinski definition) is 4. The second-order valence-corrected chi connectivity index (χ2v) is 6.11. The number of halogens is 1. The molecule has 0 radical (unpaired) electrons. The largest absolute Gasteiger partial charge is 0.378 e. The van der Waals surface area contributed by atoms with Crippen LogP contribution in [-0.4, -0.2) is 43.5 Å². The molecule has 1 saturated heterocycles. The topological polar surface area (TPSA) is 59.5 Å². The maximum Gasteiger partial charge on any atom is 0.246 e. The first kappa shape index (κ1) is 12.8. The predicted molar refractivity (Wildman–Crippen MR) is 63.4 cm³/mol. The van der Waals surface area contributed by atoms with Crippen LogP contribution < -0.4 is 0 Å². The fourth-order valence-corrected chi connectivity index (χ4v) is 3.76. The number of aromatic nitrogens is 1. The molecule has 0 aliphatic carbocycles. The van der Waals surface area contributed by atoms with Crippen LogP contribution in [0.4, 0.5) is 0 Å². The molecule has 1 aromatic rings. The molecule has 5 nitrogen and oxygen atoms in total. The van der Waals surface area contributed by atoms with Crippen molar-refractivity contribution in [1.29, 1.82) is 0 Å². The van der Waals surface area contributed by atoms with Gasteiger partial charge in [0.2, 0.25) is 10.0 Å². The molecule has 0 N–H and O–H groups in total. The lowest BCUT2D eigenvalue weighted by Crippen LogP contribution is -2.47. The average molecular weight is 277 g/mol. The minimum Gasteiger partial charge on any atom is -0.378 e. The minimum absolute atomic E-state index is 0.0513. The van der Waals surface area contributed by atoms with E-state index in [9.17, 15) is 8.42 Å². The standard InChI is InChI=1S/C10H13ClN2O3S/c1-8-7-16-5-4-13(8)17(14,15)10-6-12-3-2-9(10)11/h2-3,6,8H,4-5,7H2,1H3. The molecule has 94 valence electrons. The van der Waals surface area contributed by atoms with E-state index >= 15 is 0 Å². The third-order valence-electron chi connectivity index (χ3n) is 2.63. The van der Waals surface area contributed by atoms with E-state index in [1.54, 1.807) is 6.92 Å². The molecule has 1 unspecified atom stereocenters. The van der Waals surface area contributed by atoms with E-state index in [4.69, 9.17) is 16.3 Å². The molecule has 1 atom stereocenters. The SMILES string of the molecule is CC1COCCN1S(=O)(=O)c1cnccc1Cl. The summed E-state index contributed by atoms with van der Waals surface area (Å²) in [6.07, 6.45) is 2.74. The summed E-state index contributed by atoms with van der Waals surface area (Å²) >= 11 is 5.90. The van der Waals surface area contributed by atoms with E-state index in [1.165, 1.54) is 22.8 Å². The second kappa shape index (κ2) is 4.89. The summed E-state index contributed by atoms with van der Waals surface area (Å²) in [5.74, 6) is 0. The van der Waals surface area contributed by atoms with Crippen molar-refractivity contribution in [3.05, 3.63) is 23.5 Å². The van der Waals surface area contributed by atoms with Crippen molar-refractivity contribution in [2.75, 3.05) is 19.8 Å². The number of rotatable bonds is 2. The van der Waals surface area contributed by atoms with Crippen LogP contribution in [0.5, 0.6) is 0 Å². The molecule has 0 amide bonds. The Kier molecular flexibility index (Phi) is 3.67. The first-order chi connectivity index (χ1) is 8.03. The van der Waals surface area contributed by atoms with Crippen molar-refractivity contribution >= 4 is 21.6 Å². The lowest BCUT2D eigenvalue weighted by Gasteiger charge is -2.32. The van der Waals surface area contributed by atoms with Gasteiger partial charge in [-0.15, -0.1) is 0 Å². The van der Waals surface area contributed by atoms with Crippen LogP contribution in [0, 0.1) is 0 Å². The Morgan fingerprint density at radius 3 is 3.00 bits per heavy atom. The second-order valence-electron chi connectivity index (χ2n) is 3.85. The van der Waals surface area contributed by atoms with Crippen molar-refractivity contribution < 1.29 is 13.2 Å². The number of ether oxygens (including phenoxy) is 1. The van der Waals surface area contributed by atoms with E-state index in [0.29, 0.717) is 19.8 Å². The molecule has 1 aliphatic heterocycles. The van der Waals surface area contributed by atoms with Crippen molar-refractivity contribution in [2.24, 2.45) is 0 Å². The molecule has 0 spiro atoms. The van der Waals surface area contributed by atoms with Crippen LogP contribution in [0.1, 0.15) is 6.92 Å². The number of morpholine rings is 1. The molecule has 2 heterocycles.